The summed E-state index contributed by atoms with van der Waals surface area (Å²) in [4.78, 5) is 14.4. The number of rotatable bonds is 6. The first-order valence-electron chi connectivity index (χ1n) is 7.24. The second kappa shape index (κ2) is 7.32. The van der Waals surface area contributed by atoms with Crippen LogP contribution in [0, 0.1) is 5.41 Å². The van der Waals surface area contributed by atoms with Gasteiger partial charge in [-0.2, -0.15) is 0 Å². The molecule has 0 heterocycles. The van der Waals surface area contributed by atoms with Crippen LogP contribution in [0.15, 0.2) is 30.3 Å². The number of unbranched alkanes of at least 4 members (excludes halogenated alkanes) is 1. The van der Waals surface area contributed by atoms with Crippen LogP contribution in [0.5, 0.6) is 0 Å². The van der Waals surface area contributed by atoms with E-state index in [9.17, 15) is 4.79 Å². The smallest absolute Gasteiger partial charge is 0.223 e. The van der Waals surface area contributed by atoms with Crippen LogP contribution in [-0.2, 0) is 11.3 Å². The van der Waals surface area contributed by atoms with E-state index in [4.69, 9.17) is 0 Å². The molecule has 2 heteroatoms. The first-order valence-corrected chi connectivity index (χ1v) is 7.24. The predicted octanol–water partition coefficient (Wildman–Crippen LogP) is 4.25. The van der Waals surface area contributed by atoms with Crippen molar-refractivity contribution in [2.45, 2.75) is 53.5 Å². The monoisotopic (exact) mass is 261 g/mol. The molecule has 1 amide bonds. The Morgan fingerprint density at radius 2 is 1.79 bits per heavy atom. The molecule has 0 atom stereocenters. The molecule has 1 rings (SSSR count). The highest BCUT2D eigenvalue weighted by molar-refractivity contribution is 5.76. The Bertz CT molecular complexity index is 378. The molecular weight excluding hydrogens is 234 g/mol. The maximum atomic E-state index is 12.4. The van der Waals surface area contributed by atoms with Crippen LogP contribution in [0.25, 0.3) is 0 Å². The number of benzene rings is 1. The van der Waals surface area contributed by atoms with Gasteiger partial charge in [-0.15, -0.1) is 0 Å². The molecule has 0 aliphatic heterocycles. The fourth-order valence-electron chi connectivity index (χ4n) is 2.01. The van der Waals surface area contributed by atoms with Crippen LogP contribution in [0.1, 0.15) is 52.5 Å². The highest BCUT2D eigenvalue weighted by atomic mass is 16.2. The van der Waals surface area contributed by atoms with E-state index < -0.39 is 0 Å². The second-order valence-corrected chi connectivity index (χ2v) is 6.39. The molecule has 1 aromatic carbocycles. The first-order chi connectivity index (χ1) is 8.92. The summed E-state index contributed by atoms with van der Waals surface area (Å²) >= 11 is 0. The molecule has 106 valence electrons. The maximum absolute atomic E-state index is 12.4. The van der Waals surface area contributed by atoms with Gasteiger partial charge in [-0.05, 0) is 17.4 Å². The Morgan fingerprint density at radius 3 is 2.32 bits per heavy atom. The zero-order chi connectivity index (χ0) is 14.3. The normalized spacial score (nSPS) is 11.4. The van der Waals surface area contributed by atoms with E-state index in [-0.39, 0.29) is 11.3 Å². The highest BCUT2D eigenvalue weighted by Gasteiger charge is 2.20. The average molecular weight is 261 g/mol. The van der Waals surface area contributed by atoms with Crippen LogP contribution in [0.2, 0.25) is 0 Å². The van der Waals surface area contributed by atoms with Gasteiger partial charge in [0, 0.05) is 19.5 Å². The lowest BCUT2D eigenvalue weighted by Gasteiger charge is -2.27. The maximum Gasteiger partial charge on any atom is 0.223 e. The van der Waals surface area contributed by atoms with Crippen LogP contribution in [0.3, 0.4) is 0 Å². The fraction of sp³-hybridized carbons (Fsp3) is 0.588. The molecule has 0 aliphatic rings. The van der Waals surface area contributed by atoms with Crippen molar-refractivity contribution in [2.75, 3.05) is 6.54 Å². The number of nitrogens with zero attached hydrogens (tertiary/aromatic N) is 1. The van der Waals surface area contributed by atoms with Crippen molar-refractivity contribution in [2.24, 2.45) is 5.41 Å². The molecule has 1 aromatic rings. The third-order valence-electron chi connectivity index (χ3n) is 3.03. The summed E-state index contributed by atoms with van der Waals surface area (Å²) in [6.45, 7) is 10.1. The quantitative estimate of drug-likeness (QED) is 0.749. The summed E-state index contributed by atoms with van der Waals surface area (Å²) in [7, 11) is 0. The molecule has 0 spiro atoms. The van der Waals surface area contributed by atoms with E-state index in [1.54, 1.807) is 0 Å². The Labute approximate surface area is 117 Å². The number of hydrogen-bond acceptors (Lipinski definition) is 1. The summed E-state index contributed by atoms with van der Waals surface area (Å²) < 4.78 is 0. The van der Waals surface area contributed by atoms with Crippen molar-refractivity contribution in [3.8, 4) is 0 Å². The lowest BCUT2D eigenvalue weighted by Crippen LogP contribution is -2.34. The molecule has 0 saturated heterocycles. The molecule has 0 saturated carbocycles. The van der Waals surface area contributed by atoms with E-state index in [1.165, 1.54) is 5.56 Å². The van der Waals surface area contributed by atoms with Crippen molar-refractivity contribution in [1.82, 2.24) is 4.90 Å². The van der Waals surface area contributed by atoms with Crippen molar-refractivity contribution in [3.05, 3.63) is 35.9 Å². The minimum absolute atomic E-state index is 0.0538. The van der Waals surface area contributed by atoms with Crippen LogP contribution < -0.4 is 0 Å². The molecule has 2 nitrogen and oxygen atoms in total. The van der Waals surface area contributed by atoms with Crippen molar-refractivity contribution >= 4 is 5.91 Å². The third-order valence-corrected chi connectivity index (χ3v) is 3.03. The molecule has 0 unspecified atom stereocenters. The Hall–Kier alpha value is -1.31. The average Bonchev–Trinajstić information content (AvgIpc) is 2.33. The number of amides is 1. The fourth-order valence-corrected chi connectivity index (χ4v) is 2.01. The lowest BCUT2D eigenvalue weighted by atomic mass is 9.91. The van der Waals surface area contributed by atoms with Crippen molar-refractivity contribution in [1.29, 1.82) is 0 Å². The predicted molar refractivity (Wildman–Crippen MR) is 80.8 cm³/mol. The summed E-state index contributed by atoms with van der Waals surface area (Å²) in [6.07, 6.45) is 2.81. The van der Waals surface area contributed by atoms with Gasteiger partial charge in [-0.1, -0.05) is 64.4 Å². The minimum Gasteiger partial charge on any atom is -0.338 e. The minimum atomic E-state index is 0.0538. The van der Waals surface area contributed by atoms with Gasteiger partial charge in [0.2, 0.25) is 5.91 Å². The van der Waals surface area contributed by atoms with Crippen LogP contribution in [0.4, 0.5) is 0 Å². The van der Waals surface area contributed by atoms with Gasteiger partial charge >= 0.3 is 0 Å². The summed E-state index contributed by atoms with van der Waals surface area (Å²) in [5, 5.41) is 0. The second-order valence-electron chi connectivity index (χ2n) is 6.39. The molecule has 0 N–H and O–H groups in total. The van der Waals surface area contributed by atoms with Crippen molar-refractivity contribution in [3.63, 3.8) is 0 Å². The van der Waals surface area contributed by atoms with E-state index in [1.807, 2.05) is 23.1 Å². The van der Waals surface area contributed by atoms with Crippen molar-refractivity contribution < 1.29 is 4.79 Å². The Kier molecular flexibility index (Phi) is 6.07. The van der Waals surface area contributed by atoms with Gasteiger partial charge in [0.25, 0.3) is 0 Å². The SMILES string of the molecule is CCCCN(Cc1ccccc1)C(=O)CC(C)(C)C. The number of hydrogen-bond donors (Lipinski definition) is 0. The number of carbonyl (C=O) groups is 1. The molecule has 0 fully saturated rings. The zero-order valence-corrected chi connectivity index (χ0v) is 12.8. The van der Waals surface area contributed by atoms with Gasteiger partial charge in [0.15, 0.2) is 0 Å². The van der Waals surface area contributed by atoms with Crippen LogP contribution >= 0.6 is 0 Å². The van der Waals surface area contributed by atoms with Crippen LogP contribution in [-0.4, -0.2) is 17.4 Å². The molecule has 0 radical (unpaired) electrons. The van der Waals surface area contributed by atoms with Gasteiger partial charge in [-0.25, -0.2) is 0 Å². The van der Waals surface area contributed by atoms with Gasteiger partial charge in [-0.3, -0.25) is 4.79 Å². The lowest BCUT2D eigenvalue weighted by molar-refractivity contribution is -0.133. The van der Waals surface area contributed by atoms with Gasteiger partial charge < -0.3 is 4.90 Å². The van der Waals surface area contributed by atoms with E-state index >= 15 is 0 Å². The first kappa shape index (κ1) is 15.7. The molecule has 0 aromatic heterocycles. The topological polar surface area (TPSA) is 20.3 Å². The summed E-state index contributed by atoms with van der Waals surface area (Å²) in [5.41, 5.74) is 1.26. The van der Waals surface area contributed by atoms with E-state index in [2.05, 4.69) is 39.8 Å². The molecular formula is C17H27NO. The summed E-state index contributed by atoms with van der Waals surface area (Å²) in [5.74, 6) is 0.268. The van der Waals surface area contributed by atoms with E-state index in [0.717, 1.165) is 25.9 Å². The zero-order valence-electron chi connectivity index (χ0n) is 12.8. The van der Waals surface area contributed by atoms with E-state index in [0.29, 0.717) is 6.42 Å². The number of carbonyl (C=O) groups excluding carboxylic acids is 1. The van der Waals surface area contributed by atoms with Gasteiger partial charge in [0.05, 0.1) is 0 Å². The largest absolute Gasteiger partial charge is 0.338 e. The molecule has 19 heavy (non-hydrogen) atoms. The van der Waals surface area contributed by atoms with Gasteiger partial charge in [0.1, 0.15) is 0 Å². The highest BCUT2D eigenvalue weighted by Crippen LogP contribution is 2.21. The third kappa shape index (κ3) is 6.42. The Morgan fingerprint density at radius 1 is 1.16 bits per heavy atom. The molecule has 0 bridgehead atoms. The Balaban J connectivity index is 2.68. The molecule has 0 aliphatic carbocycles. The standard InChI is InChI=1S/C17H27NO/c1-5-6-12-18(16(19)13-17(2,3)4)14-15-10-8-7-9-11-15/h7-11H,5-6,12-14H2,1-4H3. The summed E-state index contributed by atoms with van der Waals surface area (Å²) in [6, 6.07) is 10.2.